The Morgan fingerprint density at radius 2 is 2.24 bits per heavy atom. The van der Waals surface area contributed by atoms with Crippen LogP contribution in [0.15, 0.2) is 29.4 Å². The Bertz CT molecular complexity index is 470. The molecule has 0 atom stereocenters. The number of rotatable bonds is 3. The largest absolute Gasteiger partial charge is 0.452 e. The fourth-order valence-electron chi connectivity index (χ4n) is 1.08. The number of hydrogen-bond acceptors (Lipinski definition) is 5. The van der Waals surface area contributed by atoms with Gasteiger partial charge in [-0.2, -0.15) is 5.10 Å². The maximum atomic E-state index is 10.8. The number of nitro groups is 1. The number of carbonyl (C=O) groups is 1. The van der Waals surface area contributed by atoms with Crippen LogP contribution in [0.25, 0.3) is 0 Å². The van der Waals surface area contributed by atoms with Gasteiger partial charge < -0.3 is 4.74 Å². The molecule has 17 heavy (non-hydrogen) atoms. The maximum Gasteiger partial charge on any atom is 0.427 e. The van der Waals surface area contributed by atoms with Gasteiger partial charge in [-0.3, -0.25) is 10.1 Å². The molecule has 1 N–H and O–H groups in total. The van der Waals surface area contributed by atoms with Gasteiger partial charge in [0.2, 0.25) is 0 Å². The Labute approximate surface area is 97.2 Å². The van der Waals surface area contributed by atoms with E-state index in [9.17, 15) is 14.9 Å². The quantitative estimate of drug-likeness (QED) is 0.491. The zero-order valence-electron chi connectivity index (χ0n) is 9.34. The Balaban J connectivity index is 2.88. The van der Waals surface area contributed by atoms with E-state index in [2.05, 4.69) is 15.3 Å². The normalized spacial score (nSPS) is 10.8. The fraction of sp³-hybridized carbons (Fsp3) is 0.200. The molecule has 7 heteroatoms. The third-order valence-electron chi connectivity index (χ3n) is 1.98. The predicted molar refractivity (Wildman–Crippen MR) is 60.8 cm³/mol. The van der Waals surface area contributed by atoms with Crippen LogP contribution >= 0.6 is 0 Å². The first-order chi connectivity index (χ1) is 8.04. The van der Waals surface area contributed by atoms with E-state index in [4.69, 9.17) is 0 Å². The van der Waals surface area contributed by atoms with E-state index in [0.717, 1.165) is 0 Å². The minimum Gasteiger partial charge on any atom is -0.452 e. The molecular formula is C10H11N3O4. The lowest BCUT2D eigenvalue weighted by Gasteiger charge is -2.01. The molecule has 1 rings (SSSR count). The molecule has 0 saturated heterocycles. The second-order valence-electron chi connectivity index (χ2n) is 3.11. The molecule has 0 aliphatic carbocycles. The summed E-state index contributed by atoms with van der Waals surface area (Å²) in [5, 5.41) is 14.3. The second kappa shape index (κ2) is 5.59. The van der Waals surface area contributed by atoms with Gasteiger partial charge in [-0.1, -0.05) is 12.1 Å². The molecule has 1 aromatic rings. The summed E-state index contributed by atoms with van der Waals surface area (Å²) >= 11 is 0. The van der Waals surface area contributed by atoms with Crippen molar-refractivity contribution in [2.75, 3.05) is 7.11 Å². The monoisotopic (exact) mass is 237 g/mol. The first kappa shape index (κ1) is 12.6. The first-order valence-electron chi connectivity index (χ1n) is 4.67. The average molecular weight is 237 g/mol. The third-order valence-corrected chi connectivity index (χ3v) is 1.98. The van der Waals surface area contributed by atoms with Crippen LogP contribution in [0.3, 0.4) is 0 Å². The van der Waals surface area contributed by atoms with Crippen LogP contribution in [0, 0.1) is 10.1 Å². The molecular weight excluding hydrogens is 226 g/mol. The van der Waals surface area contributed by atoms with Crippen LogP contribution < -0.4 is 5.43 Å². The average Bonchev–Trinajstić information content (AvgIpc) is 2.35. The summed E-state index contributed by atoms with van der Waals surface area (Å²) in [7, 11) is 1.22. The van der Waals surface area contributed by atoms with Crippen LogP contribution in [-0.4, -0.2) is 23.8 Å². The van der Waals surface area contributed by atoms with Crippen LogP contribution in [-0.2, 0) is 4.74 Å². The molecule has 0 fully saturated rings. The fourth-order valence-corrected chi connectivity index (χ4v) is 1.08. The highest BCUT2D eigenvalue weighted by Crippen LogP contribution is 2.13. The minimum atomic E-state index is -0.699. The van der Waals surface area contributed by atoms with Gasteiger partial charge in [0.1, 0.15) is 0 Å². The Morgan fingerprint density at radius 1 is 1.53 bits per heavy atom. The molecule has 0 bridgehead atoms. The van der Waals surface area contributed by atoms with E-state index < -0.39 is 11.0 Å². The minimum absolute atomic E-state index is 0.0323. The zero-order valence-corrected chi connectivity index (χ0v) is 9.34. The van der Waals surface area contributed by atoms with E-state index in [1.165, 1.54) is 19.2 Å². The summed E-state index contributed by atoms with van der Waals surface area (Å²) in [4.78, 5) is 20.8. The van der Waals surface area contributed by atoms with Crippen molar-refractivity contribution in [1.82, 2.24) is 5.43 Å². The molecule has 7 nitrogen and oxygen atoms in total. The van der Waals surface area contributed by atoms with Crippen molar-refractivity contribution in [3.05, 3.63) is 39.9 Å². The van der Waals surface area contributed by atoms with Crippen LogP contribution in [0.2, 0.25) is 0 Å². The first-order valence-corrected chi connectivity index (χ1v) is 4.67. The lowest BCUT2D eigenvalue weighted by Crippen LogP contribution is -2.18. The Morgan fingerprint density at radius 3 is 2.82 bits per heavy atom. The van der Waals surface area contributed by atoms with E-state index in [1.807, 2.05) is 0 Å². The number of nitrogens with one attached hydrogen (secondary N) is 1. The number of non-ortho nitro benzene ring substituents is 1. The number of nitro benzene ring substituents is 1. The van der Waals surface area contributed by atoms with Gasteiger partial charge in [-0.15, -0.1) is 0 Å². The van der Waals surface area contributed by atoms with Crippen LogP contribution in [0.5, 0.6) is 0 Å². The topological polar surface area (TPSA) is 93.8 Å². The third kappa shape index (κ3) is 3.56. The summed E-state index contributed by atoms with van der Waals surface area (Å²) in [5.74, 6) is 0. The highest BCUT2D eigenvalue weighted by molar-refractivity contribution is 5.99. The van der Waals surface area contributed by atoms with Gasteiger partial charge in [0, 0.05) is 17.7 Å². The highest BCUT2D eigenvalue weighted by atomic mass is 16.6. The van der Waals surface area contributed by atoms with Crippen molar-refractivity contribution < 1.29 is 14.5 Å². The molecule has 0 aliphatic rings. The standard InChI is InChI=1S/C10H11N3O4/c1-7(11-12-10(14)17-2)8-4-3-5-9(6-8)13(15)16/h3-6H,1-2H3,(H,12,14)/b11-7-. The Hall–Kier alpha value is -2.44. The van der Waals surface area contributed by atoms with Gasteiger partial charge in [0.15, 0.2) is 0 Å². The van der Waals surface area contributed by atoms with Crippen molar-refractivity contribution in [2.45, 2.75) is 6.92 Å². The van der Waals surface area contributed by atoms with E-state index >= 15 is 0 Å². The van der Waals surface area contributed by atoms with Crippen molar-refractivity contribution in [3.8, 4) is 0 Å². The number of carbonyl (C=O) groups excluding carboxylic acids is 1. The number of hydrogen-bond donors (Lipinski definition) is 1. The van der Waals surface area contributed by atoms with Crippen molar-refractivity contribution in [1.29, 1.82) is 0 Å². The molecule has 1 amide bonds. The summed E-state index contributed by atoms with van der Waals surface area (Å²) in [6.07, 6.45) is -0.699. The van der Waals surface area contributed by atoms with E-state index in [-0.39, 0.29) is 5.69 Å². The lowest BCUT2D eigenvalue weighted by atomic mass is 10.1. The predicted octanol–water partition coefficient (Wildman–Crippen LogP) is 1.67. The number of nitrogens with zero attached hydrogens (tertiary/aromatic N) is 2. The molecule has 0 heterocycles. The lowest BCUT2D eigenvalue weighted by molar-refractivity contribution is -0.384. The second-order valence-corrected chi connectivity index (χ2v) is 3.11. The summed E-state index contributed by atoms with van der Waals surface area (Å²) in [6, 6.07) is 5.96. The molecule has 0 spiro atoms. The van der Waals surface area contributed by atoms with Gasteiger partial charge >= 0.3 is 6.09 Å². The van der Waals surface area contributed by atoms with E-state index in [1.54, 1.807) is 19.1 Å². The number of hydrazone groups is 1. The van der Waals surface area contributed by atoms with Gasteiger partial charge in [0.25, 0.3) is 5.69 Å². The highest BCUT2D eigenvalue weighted by Gasteiger charge is 2.07. The molecule has 0 aromatic heterocycles. The molecule has 0 saturated carbocycles. The molecule has 1 aromatic carbocycles. The number of ether oxygens (including phenoxy) is 1. The molecule has 0 radical (unpaired) electrons. The van der Waals surface area contributed by atoms with Gasteiger partial charge in [-0.05, 0) is 6.92 Å². The van der Waals surface area contributed by atoms with Gasteiger partial charge in [0.05, 0.1) is 17.7 Å². The molecule has 90 valence electrons. The van der Waals surface area contributed by atoms with Crippen molar-refractivity contribution in [2.24, 2.45) is 5.10 Å². The molecule has 0 unspecified atom stereocenters. The number of benzene rings is 1. The number of amides is 1. The zero-order chi connectivity index (χ0) is 12.8. The number of methoxy groups -OCH3 is 1. The maximum absolute atomic E-state index is 10.8. The molecule has 0 aliphatic heterocycles. The summed E-state index contributed by atoms with van der Waals surface area (Å²) in [6.45, 7) is 1.62. The van der Waals surface area contributed by atoms with Crippen molar-refractivity contribution in [3.63, 3.8) is 0 Å². The Kier molecular flexibility index (Phi) is 4.15. The van der Waals surface area contributed by atoms with E-state index in [0.29, 0.717) is 11.3 Å². The SMILES string of the molecule is COC(=O)N/N=C(/C)c1cccc([N+](=O)[O-])c1. The van der Waals surface area contributed by atoms with Crippen LogP contribution in [0.4, 0.5) is 10.5 Å². The van der Waals surface area contributed by atoms with Crippen LogP contribution in [0.1, 0.15) is 12.5 Å². The summed E-state index contributed by atoms with van der Waals surface area (Å²) < 4.78 is 4.33. The summed E-state index contributed by atoms with van der Waals surface area (Å²) in [5.41, 5.74) is 3.10. The van der Waals surface area contributed by atoms with Gasteiger partial charge in [-0.25, -0.2) is 10.2 Å². The smallest absolute Gasteiger partial charge is 0.427 e. The van der Waals surface area contributed by atoms with Crippen molar-refractivity contribution >= 4 is 17.5 Å².